The molecule has 0 spiro atoms. The molecule has 2 rings (SSSR count). The van der Waals surface area contributed by atoms with Gasteiger partial charge in [-0.05, 0) is 43.2 Å². The summed E-state index contributed by atoms with van der Waals surface area (Å²) in [7, 11) is -2.68. The third-order valence-electron chi connectivity index (χ3n) is 3.75. The molecule has 0 bridgehead atoms. The number of carbonyl (C=O) groups excluding carboxylic acids is 1. The van der Waals surface area contributed by atoms with Crippen LogP contribution in [-0.4, -0.2) is 33.5 Å². The lowest BCUT2D eigenvalue weighted by Crippen LogP contribution is -2.42. The predicted molar refractivity (Wildman–Crippen MR) is 103 cm³/mol. The van der Waals surface area contributed by atoms with Gasteiger partial charge in [-0.25, -0.2) is 13.4 Å². The molecule has 0 radical (unpaired) electrons. The minimum absolute atomic E-state index is 0.0685. The summed E-state index contributed by atoms with van der Waals surface area (Å²) >= 11 is 0. The van der Waals surface area contributed by atoms with Crippen molar-refractivity contribution in [1.29, 1.82) is 0 Å². The first-order valence-corrected chi connectivity index (χ1v) is 9.55. The van der Waals surface area contributed by atoms with Crippen LogP contribution in [0.4, 0.5) is 5.69 Å². The van der Waals surface area contributed by atoms with Gasteiger partial charge >= 0.3 is 5.97 Å². The molecule has 5 N–H and O–H groups in total. The third kappa shape index (κ3) is 5.80. The fourth-order valence-corrected chi connectivity index (χ4v) is 3.56. The second-order valence-corrected chi connectivity index (χ2v) is 7.63. The van der Waals surface area contributed by atoms with E-state index in [1.807, 2.05) is 6.92 Å². The van der Waals surface area contributed by atoms with E-state index in [1.165, 1.54) is 19.2 Å². The molecule has 0 fully saturated rings. The zero-order chi connectivity index (χ0) is 20.0. The number of nitrogens with two attached hydrogens (primary N) is 2. The molecule has 0 saturated carbocycles. The van der Waals surface area contributed by atoms with Gasteiger partial charge in [0.25, 0.3) is 0 Å². The van der Waals surface area contributed by atoms with Crippen molar-refractivity contribution in [2.45, 2.75) is 24.3 Å². The summed E-state index contributed by atoms with van der Waals surface area (Å²) in [5.74, 6) is -0.750. The highest BCUT2D eigenvalue weighted by molar-refractivity contribution is 7.89. The standard InChI is InChI=1S/C18H22N4O4S/c1-12-3-9-15(10-4-12)27(24,25)22-16(17(23)26-2)11-13-5-7-14(8-6-13)21-18(19)20/h3-10,16,22H,11H2,1-2H3,(H4,19,20,21). The molecule has 0 amide bonds. The minimum Gasteiger partial charge on any atom is -0.468 e. The Morgan fingerprint density at radius 3 is 2.22 bits per heavy atom. The Kier molecular flexibility index (Phi) is 6.54. The average molecular weight is 390 g/mol. The van der Waals surface area contributed by atoms with Crippen LogP contribution in [0.3, 0.4) is 0 Å². The van der Waals surface area contributed by atoms with E-state index in [0.717, 1.165) is 5.56 Å². The summed E-state index contributed by atoms with van der Waals surface area (Å²) in [5.41, 5.74) is 12.8. The molecule has 0 aliphatic heterocycles. The van der Waals surface area contributed by atoms with Gasteiger partial charge in [0.05, 0.1) is 17.7 Å². The number of carbonyl (C=O) groups is 1. The van der Waals surface area contributed by atoms with E-state index in [9.17, 15) is 13.2 Å². The highest BCUT2D eigenvalue weighted by Crippen LogP contribution is 2.16. The Labute approximate surface area is 158 Å². The second-order valence-electron chi connectivity index (χ2n) is 5.92. The molecule has 0 heterocycles. The number of nitrogens with one attached hydrogen (secondary N) is 1. The summed E-state index contributed by atoms with van der Waals surface area (Å²) in [6.45, 7) is 1.85. The number of methoxy groups -OCH3 is 1. The number of benzene rings is 2. The van der Waals surface area contributed by atoms with Crippen molar-refractivity contribution in [3.05, 3.63) is 59.7 Å². The molecule has 9 heteroatoms. The van der Waals surface area contributed by atoms with Crippen LogP contribution in [0.25, 0.3) is 0 Å². The maximum atomic E-state index is 12.6. The van der Waals surface area contributed by atoms with Gasteiger partial charge in [0.2, 0.25) is 10.0 Å². The average Bonchev–Trinajstić information content (AvgIpc) is 2.62. The summed E-state index contributed by atoms with van der Waals surface area (Å²) in [6.07, 6.45) is 0.111. The van der Waals surface area contributed by atoms with Crippen LogP contribution in [0, 0.1) is 6.92 Å². The Morgan fingerprint density at radius 1 is 1.11 bits per heavy atom. The number of aryl methyl sites for hydroxylation is 1. The Balaban J connectivity index is 2.21. The predicted octanol–water partition coefficient (Wildman–Crippen LogP) is 0.963. The molecule has 2 aromatic carbocycles. The molecular weight excluding hydrogens is 368 g/mol. The molecule has 0 aliphatic carbocycles. The van der Waals surface area contributed by atoms with E-state index < -0.39 is 22.0 Å². The van der Waals surface area contributed by atoms with Gasteiger partial charge in [0.1, 0.15) is 6.04 Å². The first-order valence-electron chi connectivity index (χ1n) is 8.06. The second kappa shape index (κ2) is 8.65. The van der Waals surface area contributed by atoms with E-state index in [4.69, 9.17) is 16.2 Å². The van der Waals surface area contributed by atoms with Crippen LogP contribution >= 0.6 is 0 Å². The van der Waals surface area contributed by atoms with Gasteiger partial charge in [0, 0.05) is 0 Å². The van der Waals surface area contributed by atoms with Crippen LogP contribution in [0.1, 0.15) is 11.1 Å². The van der Waals surface area contributed by atoms with Crippen molar-refractivity contribution < 1.29 is 17.9 Å². The molecule has 27 heavy (non-hydrogen) atoms. The number of esters is 1. The maximum Gasteiger partial charge on any atom is 0.324 e. The number of nitrogens with zero attached hydrogens (tertiary/aromatic N) is 1. The Morgan fingerprint density at radius 2 is 1.70 bits per heavy atom. The molecular formula is C18H22N4O4S. The number of hydrogen-bond donors (Lipinski definition) is 3. The Hall–Kier alpha value is -2.91. The van der Waals surface area contributed by atoms with Gasteiger partial charge in [-0.1, -0.05) is 29.8 Å². The van der Waals surface area contributed by atoms with Crippen molar-refractivity contribution in [2.24, 2.45) is 16.5 Å². The fraction of sp³-hybridized carbons (Fsp3) is 0.222. The van der Waals surface area contributed by atoms with E-state index in [-0.39, 0.29) is 17.3 Å². The number of ether oxygens (including phenoxy) is 1. The van der Waals surface area contributed by atoms with Gasteiger partial charge in [-0.2, -0.15) is 4.72 Å². The Bertz CT molecular complexity index is 919. The maximum absolute atomic E-state index is 12.6. The molecule has 144 valence electrons. The van der Waals surface area contributed by atoms with E-state index in [0.29, 0.717) is 11.3 Å². The lowest BCUT2D eigenvalue weighted by molar-refractivity contribution is -0.142. The molecule has 1 unspecified atom stereocenters. The summed E-state index contributed by atoms with van der Waals surface area (Å²) in [6, 6.07) is 12.0. The molecule has 2 aromatic rings. The lowest BCUT2D eigenvalue weighted by atomic mass is 10.1. The highest BCUT2D eigenvalue weighted by Gasteiger charge is 2.26. The SMILES string of the molecule is COC(=O)C(Cc1ccc(N=C(N)N)cc1)NS(=O)(=O)c1ccc(C)cc1. The van der Waals surface area contributed by atoms with Crippen molar-refractivity contribution >= 4 is 27.6 Å². The van der Waals surface area contributed by atoms with Crippen LogP contribution in [-0.2, 0) is 26.0 Å². The van der Waals surface area contributed by atoms with E-state index >= 15 is 0 Å². The number of aliphatic imine (C=N–C) groups is 1. The smallest absolute Gasteiger partial charge is 0.324 e. The fourth-order valence-electron chi connectivity index (χ4n) is 2.38. The summed E-state index contributed by atoms with van der Waals surface area (Å²) in [4.78, 5) is 16.1. The molecule has 0 aliphatic rings. The molecule has 1 atom stereocenters. The van der Waals surface area contributed by atoms with Gasteiger partial charge < -0.3 is 16.2 Å². The van der Waals surface area contributed by atoms with Crippen LogP contribution in [0.2, 0.25) is 0 Å². The number of rotatable bonds is 7. The quantitative estimate of drug-likeness (QED) is 0.366. The van der Waals surface area contributed by atoms with Crippen molar-refractivity contribution in [3.8, 4) is 0 Å². The summed E-state index contributed by atoms with van der Waals surface area (Å²) < 4.78 is 32.3. The normalized spacial score (nSPS) is 12.2. The lowest BCUT2D eigenvalue weighted by Gasteiger charge is -2.17. The highest BCUT2D eigenvalue weighted by atomic mass is 32.2. The third-order valence-corrected chi connectivity index (χ3v) is 5.24. The van der Waals surface area contributed by atoms with Gasteiger partial charge in [-0.3, -0.25) is 4.79 Å². The van der Waals surface area contributed by atoms with Crippen LogP contribution in [0.5, 0.6) is 0 Å². The van der Waals surface area contributed by atoms with Crippen LogP contribution in [0.15, 0.2) is 58.4 Å². The topological polar surface area (TPSA) is 137 Å². The van der Waals surface area contributed by atoms with E-state index in [2.05, 4.69) is 9.71 Å². The molecule has 0 saturated heterocycles. The summed E-state index contributed by atoms with van der Waals surface area (Å²) in [5, 5.41) is 0. The van der Waals surface area contributed by atoms with Crippen molar-refractivity contribution in [3.63, 3.8) is 0 Å². The molecule has 8 nitrogen and oxygen atoms in total. The van der Waals surface area contributed by atoms with Crippen LogP contribution < -0.4 is 16.2 Å². The zero-order valence-electron chi connectivity index (χ0n) is 15.0. The molecule has 0 aromatic heterocycles. The number of guanidine groups is 1. The monoisotopic (exact) mass is 390 g/mol. The zero-order valence-corrected chi connectivity index (χ0v) is 15.9. The number of sulfonamides is 1. The van der Waals surface area contributed by atoms with Crippen molar-refractivity contribution in [1.82, 2.24) is 4.72 Å². The van der Waals surface area contributed by atoms with Gasteiger partial charge in [0.15, 0.2) is 5.96 Å². The number of hydrogen-bond acceptors (Lipinski definition) is 5. The first kappa shape index (κ1) is 20.4. The van der Waals surface area contributed by atoms with Crippen molar-refractivity contribution in [2.75, 3.05) is 7.11 Å². The minimum atomic E-state index is -3.88. The largest absolute Gasteiger partial charge is 0.468 e. The first-order chi connectivity index (χ1) is 12.7. The van der Waals surface area contributed by atoms with E-state index in [1.54, 1.807) is 36.4 Å². The van der Waals surface area contributed by atoms with Gasteiger partial charge in [-0.15, -0.1) is 0 Å².